The van der Waals surface area contributed by atoms with Gasteiger partial charge >= 0.3 is 0 Å². The van der Waals surface area contributed by atoms with Crippen LogP contribution in [-0.2, 0) is 13.1 Å². The summed E-state index contributed by atoms with van der Waals surface area (Å²) in [5.74, 6) is -0.100. The maximum atomic E-state index is 12.4. The van der Waals surface area contributed by atoms with Crippen LogP contribution < -0.4 is 5.32 Å². The molecule has 0 aliphatic carbocycles. The van der Waals surface area contributed by atoms with Gasteiger partial charge in [-0.1, -0.05) is 29.5 Å². The number of para-hydroxylation sites is 1. The first kappa shape index (κ1) is 17.9. The molecule has 2 heterocycles. The second kappa shape index (κ2) is 7.64. The molecule has 1 amide bonds. The zero-order valence-electron chi connectivity index (χ0n) is 16.0. The Morgan fingerprint density at radius 3 is 2.61 bits per heavy atom. The number of hydrogen-bond donors (Lipinski definition) is 1. The molecule has 4 rings (SSSR count). The second-order valence-corrected chi connectivity index (χ2v) is 6.59. The summed E-state index contributed by atoms with van der Waals surface area (Å²) >= 11 is 0. The minimum Gasteiger partial charge on any atom is -0.350 e. The lowest BCUT2D eigenvalue weighted by molar-refractivity contribution is 0.0952. The number of rotatable bonds is 6. The molecule has 0 unspecified atom stereocenters. The van der Waals surface area contributed by atoms with Crippen molar-refractivity contribution in [2.45, 2.75) is 26.9 Å². The van der Waals surface area contributed by atoms with Crippen LogP contribution >= 0.6 is 0 Å². The van der Waals surface area contributed by atoms with Crippen LogP contribution in [0, 0.1) is 6.92 Å². The van der Waals surface area contributed by atoms with Gasteiger partial charge in [-0.25, -0.2) is 4.68 Å². The summed E-state index contributed by atoms with van der Waals surface area (Å²) in [7, 11) is 0. The van der Waals surface area contributed by atoms with E-state index in [4.69, 9.17) is 0 Å². The average Bonchev–Trinajstić information content (AvgIpc) is 3.31. The Balaban J connectivity index is 1.39. The number of amides is 1. The predicted octanol–water partition coefficient (Wildman–Crippen LogP) is 3.05. The van der Waals surface area contributed by atoms with Gasteiger partial charge in [0.2, 0.25) is 0 Å². The van der Waals surface area contributed by atoms with Gasteiger partial charge in [-0.05, 0) is 43.7 Å². The predicted molar refractivity (Wildman–Crippen MR) is 108 cm³/mol. The van der Waals surface area contributed by atoms with E-state index in [1.54, 1.807) is 4.68 Å². The average molecular weight is 374 g/mol. The highest BCUT2D eigenvalue weighted by Gasteiger charge is 2.10. The lowest BCUT2D eigenvalue weighted by Crippen LogP contribution is -2.27. The molecule has 0 aliphatic heterocycles. The molecule has 0 bridgehead atoms. The molecular weight excluding hydrogens is 352 g/mol. The van der Waals surface area contributed by atoms with Gasteiger partial charge in [0.15, 0.2) is 0 Å². The molecule has 0 saturated carbocycles. The third-order valence-electron chi connectivity index (χ3n) is 4.89. The van der Waals surface area contributed by atoms with E-state index in [9.17, 15) is 4.79 Å². The molecule has 0 aliphatic rings. The first-order valence-electron chi connectivity index (χ1n) is 9.36. The molecule has 2 aromatic heterocycles. The number of nitrogens with zero attached hydrogens (tertiary/aromatic N) is 5. The smallest absolute Gasteiger partial charge is 0.251 e. The molecule has 142 valence electrons. The number of benzene rings is 2. The highest BCUT2D eigenvalue weighted by atomic mass is 16.1. The number of carbonyl (C=O) groups is 1. The maximum absolute atomic E-state index is 12.4. The first-order valence-corrected chi connectivity index (χ1v) is 9.36. The fourth-order valence-electron chi connectivity index (χ4n) is 3.31. The molecule has 7 nitrogen and oxygen atoms in total. The van der Waals surface area contributed by atoms with Gasteiger partial charge in [-0.15, -0.1) is 5.10 Å². The van der Waals surface area contributed by atoms with Gasteiger partial charge in [0.1, 0.15) is 5.52 Å². The molecule has 4 aromatic rings. The summed E-state index contributed by atoms with van der Waals surface area (Å²) in [4.78, 5) is 12.4. The summed E-state index contributed by atoms with van der Waals surface area (Å²) in [6.07, 6.45) is 1.87. The van der Waals surface area contributed by atoms with Crippen LogP contribution in [0.2, 0.25) is 0 Å². The van der Waals surface area contributed by atoms with Crippen molar-refractivity contribution >= 4 is 16.9 Å². The summed E-state index contributed by atoms with van der Waals surface area (Å²) in [5, 5.41) is 15.6. The first-order chi connectivity index (χ1) is 13.7. The van der Waals surface area contributed by atoms with Crippen LogP contribution in [-0.4, -0.2) is 37.2 Å². The van der Waals surface area contributed by atoms with Crippen molar-refractivity contribution in [3.05, 3.63) is 66.0 Å². The van der Waals surface area contributed by atoms with Crippen molar-refractivity contribution in [1.82, 2.24) is 30.1 Å². The number of hydrogen-bond acceptors (Lipinski definition) is 4. The summed E-state index contributed by atoms with van der Waals surface area (Å²) in [6.45, 7) is 6.02. The fraction of sp³-hybridized carbons (Fsp3) is 0.238. The number of nitrogens with one attached hydrogen (secondary N) is 1. The quantitative estimate of drug-likeness (QED) is 0.563. The minimum atomic E-state index is -0.100. The Labute approximate surface area is 163 Å². The van der Waals surface area contributed by atoms with Gasteiger partial charge in [0, 0.05) is 29.9 Å². The normalized spacial score (nSPS) is 11.1. The number of carbonyl (C=O) groups excluding carboxylic acids is 1. The van der Waals surface area contributed by atoms with E-state index in [1.807, 2.05) is 59.4 Å². The number of aromatic nitrogens is 5. The second-order valence-electron chi connectivity index (χ2n) is 6.59. The molecule has 0 atom stereocenters. The maximum Gasteiger partial charge on any atom is 0.251 e. The van der Waals surface area contributed by atoms with Crippen LogP contribution in [0.1, 0.15) is 23.0 Å². The van der Waals surface area contributed by atoms with Crippen molar-refractivity contribution in [2.75, 3.05) is 6.54 Å². The highest BCUT2D eigenvalue weighted by Crippen LogP contribution is 2.23. The molecule has 28 heavy (non-hydrogen) atoms. The van der Waals surface area contributed by atoms with E-state index in [-0.39, 0.29) is 5.91 Å². The van der Waals surface area contributed by atoms with Crippen molar-refractivity contribution < 1.29 is 4.79 Å². The van der Waals surface area contributed by atoms with Gasteiger partial charge in [-0.3, -0.25) is 9.48 Å². The molecular formula is C21H22N6O. The topological polar surface area (TPSA) is 77.6 Å². The monoisotopic (exact) mass is 374 g/mol. The summed E-state index contributed by atoms with van der Waals surface area (Å²) < 4.78 is 3.76. The zero-order chi connectivity index (χ0) is 19.5. The van der Waals surface area contributed by atoms with Crippen molar-refractivity contribution in [3.63, 3.8) is 0 Å². The van der Waals surface area contributed by atoms with Crippen LogP contribution in [0.4, 0.5) is 0 Å². The largest absolute Gasteiger partial charge is 0.350 e. The Kier molecular flexibility index (Phi) is 4.89. The zero-order valence-corrected chi connectivity index (χ0v) is 16.0. The lowest BCUT2D eigenvalue weighted by atomic mass is 10.0. The van der Waals surface area contributed by atoms with Crippen LogP contribution in [0.5, 0.6) is 0 Å². The van der Waals surface area contributed by atoms with Gasteiger partial charge in [0.05, 0.1) is 18.3 Å². The number of aryl methyl sites for hydroxylation is 1. The van der Waals surface area contributed by atoms with Crippen LogP contribution in [0.15, 0.2) is 54.7 Å². The molecule has 0 saturated heterocycles. The molecule has 2 aromatic carbocycles. The highest BCUT2D eigenvalue weighted by molar-refractivity contribution is 5.94. The van der Waals surface area contributed by atoms with E-state index < -0.39 is 0 Å². The van der Waals surface area contributed by atoms with Gasteiger partial charge < -0.3 is 5.32 Å². The van der Waals surface area contributed by atoms with Crippen molar-refractivity contribution in [2.24, 2.45) is 0 Å². The van der Waals surface area contributed by atoms with E-state index in [0.29, 0.717) is 18.7 Å². The lowest BCUT2D eigenvalue weighted by Gasteiger charge is -2.07. The van der Waals surface area contributed by atoms with E-state index in [1.165, 1.54) is 0 Å². The molecule has 7 heteroatoms. The minimum absolute atomic E-state index is 0.100. The van der Waals surface area contributed by atoms with Crippen molar-refractivity contribution in [3.8, 4) is 11.1 Å². The Bertz CT molecular complexity index is 1110. The molecule has 0 radical (unpaired) electrons. The Hall–Kier alpha value is -3.48. The van der Waals surface area contributed by atoms with E-state index in [2.05, 4.69) is 34.6 Å². The Morgan fingerprint density at radius 2 is 1.86 bits per heavy atom. The third-order valence-corrected chi connectivity index (χ3v) is 4.89. The van der Waals surface area contributed by atoms with Gasteiger partial charge in [0.25, 0.3) is 5.91 Å². The summed E-state index contributed by atoms with van der Waals surface area (Å²) in [6, 6.07) is 15.4. The Morgan fingerprint density at radius 1 is 1.07 bits per heavy atom. The fourth-order valence-corrected chi connectivity index (χ4v) is 3.31. The number of fused-ring (bicyclic) bond motifs is 1. The SMILES string of the molecule is CCn1ncc(-c2ccc(C(=O)NCCn3nnc4ccccc43)cc2)c1C. The van der Waals surface area contributed by atoms with Crippen molar-refractivity contribution in [1.29, 1.82) is 0 Å². The molecule has 1 N–H and O–H groups in total. The molecule has 0 spiro atoms. The summed E-state index contributed by atoms with van der Waals surface area (Å²) in [5.41, 5.74) is 5.72. The van der Waals surface area contributed by atoms with E-state index in [0.717, 1.165) is 34.4 Å². The molecule has 0 fully saturated rings. The van der Waals surface area contributed by atoms with Gasteiger partial charge in [-0.2, -0.15) is 5.10 Å². The standard InChI is InChI=1S/C21H22N6O/c1-3-26-15(2)18(14-23-26)16-8-10-17(11-9-16)21(28)22-12-13-27-20-7-5-4-6-19(20)24-25-27/h4-11,14H,3,12-13H2,1-2H3,(H,22,28). The van der Waals surface area contributed by atoms with Crippen LogP contribution in [0.3, 0.4) is 0 Å². The van der Waals surface area contributed by atoms with E-state index >= 15 is 0 Å². The third kappa shape index (κ3) is 3.38. The van der Waals surface area contributed by atoms with Crippen LogP contribution in [0.25, 0.3) is 22.2 Å².